The Balaban J connectivity index is 0. The number of allylic oxidation sites excluding steroid dienone is 8. The predicted octanol–water partition coefficient (Wildman–Crippen LogP) is 3.45. The minimum atomic E-state index is 0. The molecule has 0 unspecified atom stereocenters. The standard InChI is InChI=1S/2C5H5.C2H5.Zr/c2*1-2-4-5-3-1;1-2;/h2*1-3H,4H2;1H2,2H3;/q3*-1;+3. The molecule has 0 N–H and O–H groups in total. The van der Waals surface area contributed by atoms with Crippen LogP contribution in [0.1, 0.15) is 19.8 Å². The quantitative estimate of drug-likeness (QED) is 0.578. The van der Waals surface area contributed by atoms with E-state index >= 15 is 0 Å². The molecule has 13 heavy (non-hydrogen) atoms. The summed E-state index contributed by atoms with van der Waals surface area (Å²) in [5, 5.41) is 0. The molecule has 2 aliphatic rings. The maximum absolute atomic E-state index is 3.25. The second kappa shape index (κ2) is 14.4. The van der Waals surface area contributed by atoms with E-state index in [-0.39, 0.29) is 26.2 Å². The van der Waals surface area contributed by atoms with Gasteiger partial charge in [-0.15, -0.1) is 12.8 Å². The van der Waals surface area contributed by atoms with Gasteiger partial charge >= 0.3 is 26.2 Å². The van der Waals surface area contributed by atoms with Gasteiger partial charge in [0.05, 0.1) is 0 Å². The Hall–Kier alpha value is -0.157. The molecule has 0 saturated carbocycles. The van der Waals surface area contributed by atoms with Crippen molar-refractivity contribution in [3.05, 3.63) is 55.5 Å². The Morgan fingerprint density at radius 1 is 0.923 bits per heavy atom. The Morgan fingerprint density at radius 3 is 1.38 bits per heavy atom. The van der Waals surface area contributed by atoms with Crippen molar-refractivity contribution >= 4 is 0 Å². The molecule has 0 amide bonds. The Kier molecular flexibility index (Phi) is 16.9. The zero-order valence-electron chi connectivity index (χ0n) is 8.09. The van der Waals surface area contributed by atoms with Crippen LogP contribution in [0, 0.1) is 19.1 Å². The fraction of sp³-hybridized carbons (Fsp3) is 0.250. The molecular formula is C12H15Zr. The molecule has 2 aliphatic carbocycles. The van der Waals surface area contributed by atoms with Gasteiger partial charge in [0.2, 0.25) is 0 Å². The Morgan fingerprint density at radius 2 is 1.31 bits per heavy atom. The van der Waals surface area contributed by atoms with E-state index in [4.69, 9.17) is 0 Å². The molecule has 0 atom stereocenters. The fourth-order valence-corrected chi connectivity index (χ4v) is 0.680. The largest absolute Gasteiger partial charge is 3.00 e. The number of rotatable bonds is 0. The monoisotopic (exact) mass is 249 g/mol. The molecule has 0 bridgehead atoms. The number of hydrogen-bond acceptors (Lipinski definition) is 0. The Labute approximate surface area is 101 Å². The van der Waals surface area contributed by atoms with Crippen LogP contribution in [0.15, 0.2) is 36.5 Å². The van der Waals surface area contributed by atoms with Gasteiger partial charge in [-0.25, -0.2) is 24.3 Å². The Bertz CT molecular complexity index is 143. The van der Waals surface area contributed by atoms with Crippen molar-refractivity contribution in [2.75, 3.05) is 0 Å². The van der Waals surface area contributed by atoms with E-state index in [0.717, 1.165) is 12.8 Å². The van der Waals surface area contributed by atoms with Crippen LogP contribution in [0.4, 0.5) is 0 Å². The molecule has 0 aromatic carbocycles. The first kappa shape index (κ1) is 15.3. The second-order valence-corrected chi connectivity index (χ2v) is 2.01. The van der Waals surface area contributed by atoms with Crippen LogP contribution in [0.2, 0.25) is 0 Å². The third-order valence-electron chi connectivity index (χ3n) is 1.17. The SMILES string of the molecule is [C-]1=CC=CC1.[C-]1=CC=CC1.[CH2-]C.[Zr+3]. The van der Waals surface area contributed by atoms with E-state index in [1.54, 1.807) is 6.92 Å². The van der Waals surface area contributed by atoms with Crippen LogP contribution in [-0.4, -0.2) is 0 Å². The zero-order chi connectivity index (χ0) is 9.07. The third kappa shape index (κ3) is 11.8. The minimum Gasteiger partial charge on any atom is -0.346 e. The summed E-state index contributed by atoms with van der Waals surface area (Å²) in [6, 6.07) is 0. The third-order valence-corrected chi connectivity index (χ3v) is 1.17. The first-order valence-corrected chi connectivity index (χ1v) is 4.14. The van der Waals surface area contributed by atoms with Gasteiger partial charge in [0, 0.05) is 0 Å². The minimum absolute atomic E-state index is 0. The fourth-order valence-electron chi connectivity index (χ4n) is 0.680. The molecule has 1 heteroatoms. The molecule has 2 rings (SSSR count). The van der Waals surface area contributed by atoms with Crippen molar-refractivity contribution in [3.8, 4) is 0 Å². The van der Waals surface area contributed by atoms with Gasteiger partial charge in [-0.2, -0.15) is 19.1 Å². The molecule has 0 aromatic rings. The van der Waals surface area contributed by atoms with Crippen LogP contribution in [0.25, 0.3) is 0 Å². The predicted molar refractivity (Wildman–Crippen MR) is 54.2 cm³/mol. The molecule has 0 spiro atoms. The summed E-state index contributed by atoms with van der Waals surface area (Å²) in [7, 11) is 0. The van der Waals surface area contributed by atoms with E-state index in [2.05, 4.69) is 31.2 Å². The first-order chi connectivity index (χ1) is 6.00. The molecule has 67 valence electrons. The van der Waals surface area contributed by atoms with Crippen molar-refractivity contribution < 1.29 is 26.2 Å². The topological polar surface area (TPSA) is 0 Å². The van der Waals surface area contributed by atoms with Crippen LogP contribution in [0.5, 0.6) is 0 Å². The van der Waals surface area contributed by atoms with Crippen molar-refractivity contribution in [2.45, 2.75) is 19.8 Å². The van der Waals surface area contributed by atoms with E-state index in [1.807, 2.05) is 24.3 Å². The molecule has 0 aromatic heterocycles. The van der Waals surface area contributed by atoms with Crippen LogP contribution < -0.4 is 0 Å². The summed E-state index contributed by atoms with van der Waals surface area (Å²) in [6.07, 6.45) is 20.0. The summed E-state index contributed by atoms with van der Waals surface area (Å²) in [5.41, 5.74) is 0. The number of hydrogen-bond donors (Lipinski definition) is 0. The van der Waals surface area contributed by atoms with E-state index in [0.29, 0.717) is 0 Å². The van der Waals surface area contributed by atoms with Gasteiger partial charge in [0.15, 0.2) is 0 Å². The smallest absolute Gasteiger partial charge is 0.346 e. The van der Waals surface area contributed by atoms with Crippen molar-refractivity contribution in [2.24, 2.45) is 0 Å². The molecular weight excluding hydrogens is 235 g/mol. The summed E-state index contributed by atoms with van der Waals surface area (Å²) in [4.78, 5) is 0. The van der Waals surface area contributed by atoms with Gasteiger partial charge < -0.3 is 6.92 Å². The van der Waals surface area contributed by atoms with Crippen molar-refractivity contribution in [1.29, 1.82) is 0 Å². The maximum Gasteiger partial charge on any atom is 3.00 e. The van der Waals surface area contributed by atoms with Gasteiger partial charge in [-0.3, -0.25) is 12.2 Å². The molecule has 0 fully saturated rings. The normalized spacial score (nSPS) is 14.0. The summed E-state index contributed by atoms with van der Waals surface area (Å²) >= 11 is 0. The van der Waals surface area contributed by atoms with Crippen molar-refractivity contribution in [1.82, 2.24) is 0 Å². The molecule has 0 nitrogen and oxygen atoms in total. The van der Waals surface area contributed by atoms with E-state index < -0.39 is 0 Å². The van der Waals surface area contributed by atoms with Crippen LogP contribution in [-0.2, 0) is 26.2 Å². The molecule has 1 radical (unpaired) electrons. The van der Waals surface area contributed by atoms with Crippen LogP contribution in [0.3, 0.4) is 0 Å². The second-order valence-electron chi connectivity index (χ2n) is 2.01. The van der Waals surface area contributed by atoms with E-state index in [9.17, 15) is 0 Å². The molecule has 0 heterocycles. The first-order valence-electron chi connectivity index (χ1n) is 4.14. The summed E-state index contributed by atoms with van der Waals surface area (Å²) in [6.45, 7) is 5.00. The summed E-state index contributed by atoms with van der Waals surface area (Å²) < 4.78 is 0. The molecule has 0 aliphatic heterocycles. The van der Waals surface area contributed by atoms with E-state index in [1.165, 1.54) is 0 Å². The average molecular weight is 250 g/mol. The van der Waals surface area contributed by atoms with Gasteiger partial charge in [-0.05, 0) is 0 Å². The van der Waals surface area contributed by atoms with Gasteiger partial charge in [0.1, 0.15) is 0 Å². The average Bonchev–Trinajstić information content (AvgIpc) is 2.87. The summed E-state index contributed by atoms with van der Waals surface area (Å²) in [5.74, 6) is 0. The van der Waals surface area contributed by atoms with Crippen LogP contribution >= 0.6 is 0 Å². The van der Waals surface area contributed by atoms with Gasteiger partial charge in [-0.1, -0.05) is 0 Å². The maximum atomic E-state index is 3.25. The molecule has 0 saturated heterocycles. The van der Waals surface area contributed by atoms with Crippen molar-refractivity contribution in [3.63, 3.8) is 0 Å². The zero-order valence-corrected chi connectivity index (χ0v) is 10.5. The van der Waals surface area contributed by atoms with Gasteiger partial charge in [0.25, 0.3) is 0 Å².